The van der Waals surface area contributed by atoms with Gasteiger partial charge in [-0.3, -0.25) is 0 Å². The normalized spacial score (nSPS) is 15.9. The van der Waals surface area contributed by atoms with Gasteiger partial charge in [0.15, 0.2) is 0 Å². The number of carbonyl (C=O) groups excluding carboxylic acids is 1. The number of hydrogen-bond acceptors (Lipinski definition) is 4. The molecule has 2 rings (SSSR count). The number of anilines is 1. The van der Waals surface area contributed by atoms with Crippen LogP contribution in [-0.4, -0.2) is 39.4 Å². The Labute approximate surface area is 133 Å². The van der Waals surface area contributed by atoms with Crippen LogP contribution in [0.1, 0.15) is 54.1 Å². The number of methoxy groups -OCH3 is 1. The van der Waals surface area contributed by atoms with Gasteiger partial charge in [-0.05, 0) is 48.9 Å². The Morgan fingerprint density at radius 1 is 1.32 bits per heavy atom. The van der Waals surface area contributed by atoms with E-state index in [-0.39, 0.29) is 5.97 Å². The van der Waals surface area contributed by atoms with Crippen LogP contribution in [0, 0.1) is 6.92 Å². The number of benzene rings is 1. The average Bonchev–Trinajstić information content (AvgIpc) is 2.54. The average molecular weight is 305 g/mol. The maximum absolute atomic E-state index is 12.1. The Balaban J connectivity index is 2.43. The fourth-order valence-electron chi connectivity index (χ4n) is 3.01. The van der Waals surface area contributed by atoms with E-state index >= 15 is 0 Å². The molecule has 1 aliphatic rings. The maximum atomic E-state index is 12.1. The summed E-state index contributed by atoms with van der Waals surface area (Å²) in [4.78, 5) is 14.4. The summed E-state index contributed by atoms with van der Waals surface area (Å²) in [5.74, 6) is 0.104. The fourth-order valence-corrected chi connectivity index (χ4v) is 3.01. The van der Waals surface area contributed by atoms with Crippen molar-refractivity contribution in [1.82, 2.24) is 0 Å². The molecule has 1 aromatic rings. The van der Waals surface area contributed by atoms with E-state index in [1.807, 2.05) is 13.0 Å². The maximum Gasteiger partial charge on any atom is 0.338 e. The Bertz CT molecular complexity index is 533. The third kappa shape index (κ3) is 3.43. The Kier molecular flexibility index (Phi) is 5.46. The lowest BCUT2D eigenvalue weighted by Gasteiger charge is -2.34. The standard InChI is InChI=1S/C18H27NO3/c1-12(2)14-10-16(18(20)21-5)13(3)17(11-14)19(4)15-6-8-22-9-7-15/h10-12,15H,6-9H2,1-5H3. The summed E-state index contributed by atoms with van der Waals surface area (Å²) in [5, 5.41) is 0. The number of hydrogen-bond donors (Lipinski definition) is 0. The second-order valence-corrected chi connectivity index (χ2v) is 6.31. The molecule has 1 heterocycles. The van der Waals surface area contributed by atoms with Gasteiger partial charge in [0.05, 0.1) is 12.7 Å². The molecule has 0 spiro atoms. The first-order valence-corrected chi connectivity index (χ1v) is 7.99. The Hall–Kier alpha value is -1.55. The molecule has 22 heavy (non-hydrogen) atoms. The van der Waals surface area contributed by atoms with Crippen molar-refractivity contribution in [3.05, 3.63) is 28.8 Å². The Morgan fingerprint density at radius 2 is 1.95 bits per heavy atom. The highest BCUT2D eigenvalue weighted by Crippen LogP contribution is 2.31. The van der Waals surface area contributed by atoms with Crippen LogP contribution >= 0.6 is 0 Å². The van der Waals surface area contributed by atoms with Gasteiger partial charge in [0.1, 0.15) is 0 Å². The second-order valence-electron chi connectivity index (χ2n) is 6.31. The highest BCUT2D eigenvalue weighted by atomic mass is 16.5. The number of esters is 1. The SMILES string of the molecule is COC(=O)c1cc(C(C)C)cc(N(C)C2CCOCC2)c1C. The molecule has 1 aliphatic heterocycles. The van der Waals surface area contributed by atoms with E-state index in [2.05, 4.69) is 31.9 Å². The minimum absolute atomic E-state index is 0.262. The summed E-state index contributed by atoms with van der Waals surface area (Å²) in [6.07, 6.45) is 2.05. The third-order valence-electron chi connectivity index (χ3n) is 4.59. The molecule has 0 amide bonds. The molecule has 0 N–H and O–H groups in total. The molecule has 0 saturated carbocycles. The van der Waals surface area contributed by atoms with Crippen molar-refractivity contribution in [2.24, 2.45) is 0 Å². The number of rotatable bonds is 4. The highest BCUT2D eigenvalue weighted by molar-refractivity contribution is 5.93. The molecule has 1 fully saturated rings. The van der Waals surface area contributed by atoms with E-state index in [0.29, 0.717) is 17.5 Å². The number of carbonyl (C=O) groups is 1. The number of ether oxygens (including phenoxy) is 2. The van der Waals surface area contributed by atoms with E-state index in [9.17, 15) is 4.79 Å². The lowest BCUT2D eigenvalue weighted by molar-refractivity contribution is 0.0599. The second kappa shape index (κ2) is 7.14. The Morgan fingerprint density at radius 3 is 2.50 bits per heavy atom. The predicted octanol–water partition coefficient (Wildman–Crippen LogP) is 3.52. The van der Waals surface area contributed by atoms with Gasteiger partial charge in [0.25, 0.3) is 0 Å². The molecule has 122 valence electrons. The zero-order valence-corrected chi connectivity index (χ0v) is 14.3. The lowest BCUT2D eigenvalue weighted by atomic mass is 9.94. The smallest absolute Gasteiger partial charge is 0.338 e. The molecular formula is C18H27NO3. The molecule has 1 saturated heterocycles. The van der Waals surface area contributed by atoms with Crippen LogP contribution in [0.4, 0.5) is 5.69 Å². The van der Waals surface area contributed by atoms with Crippen LogP contribution in [0.3, 0.4) is 0 Å². The van der Waals surface area contributed by atoms with E-state index in [4.69, 9.17) is 9.47 Å². The molecule has 0 unspecified atom stereocenters. The van der Waals surface area contributed by atoms with Gasteiger partial charge < -0.3 is 14.4 Å². The first-order chi connectivity index (χ1) is 10.5. The quantitative estimate of drug-likeness (QED) is 0.798. The summed E-state index contributed by atoms with van der Waals surface area (Å²) < 4.78 is 10.4. The minimum Gasteiger partial charge on any atom is -0.465 e. The monoisotopic (exact) mass is 305 g/mol. The predicted molar refractivity (Wildman–Crippen MR) is 88.9 cm³/mol. The van der Waals surface area contributed by atoms with Gasteiger partial charge in [-0.2, -0.15) is 0 Å². The lowest BCUT2D eigenvalue weighted by Crippen LogP contribution is -2.37. The van der Waals surface area contributed by atoms with Crippen LogP contribution < -0.4 is 4.90 Å². The van der Waals surface area contributed by atoms with Crippen molar-refractivity contribution in [1.29, 1.82) is 0 Å². The summed E-state index contributed by atoms with van der Waals surface area (Å²) in [5.41, 5.74) is 3.95. The topological polar surface area (TPSA) is 38.8 Å². The molecule has 0 aliphatic carbocycles. The van der Waals surface area contributed by atoms with Gasteiger partial charge in [-0.15, -0.1) is 0 Å². The van der Waals surface area contributed by atoms with Crippen molar-refractivity contribution in [3.63, 3.8) is 0 Å². The van der Waals surface area contributed by atoms with E-state index < -0.39 is 0 Å². The van der Waals surface area contributed by atoms with Gasteiger partial charge >= 0.3 is 5.97 Å². The minimum atomic E-state index is -0.262. The third-order valence-corrected chi connectivity index (χ3v) is 4.59. The molecule has 0 bridgehead atoms. The summed E-state index contributed by atoms with van der Waals surface area (Å²) in [7, 11) is 3.55. The molecule has 0 radical (unpaired) electrons. The molecular weight excluding hydrogens is 278 g/mol. The summed E-state index contributed by atoms with van der Waals surface area (Å²) in [6, 6.07) is 4.63. The van der Waals surface area contributed by atoms with Crippen LogP contribution in [-0.2, 0) is 9.47 Å². The van der Waals surface area contributed by atoms with Crippen LogP contribution in [0.2, 0.25) is 0 Å². The van der Waals surface area contributed by atoms with Crippen molar-refractivity contribution < 1.29 is 14.3 Å². The zero-order valence-electron chi connectivity index (χ0n) is 14.3. The van der Waals surface area contributed by atoms with E-state index in [0.717, 1.165) is 37.3 Å². The van der Waals surface area contributed by atoms with Crippen molar-refractivity contribution >= 4 is 11.7 Å². The van der Waals surface area contributed by atoms with Crippen LogP contribution in [0.5, 0.6) is 0 Å². The summed E-state index contributed by atoms with van der Waals surface area (Å²) >= 11 is 0. The molecule has 4 heteroatoms. The van der Waals surface area contributed by atoms with Crippen molar-refractivity contribution in [3.8, 4) is 0 Å². The zero-order chi connectivity index (χ0) is 16.3. The molecule has 1 aromatic carbocycles. The van der Waals surface area contributed by atoms with Crippen molar-refractivity contribution in [2.75, 3.05) is 32.3 Å². The number of nitrogens with zero attached hydrogens (tertiary/aromatic N) is 1. The molecule has 0 aromatic heterocycles. The van der Waals surface area contributed by atoms with E-state index in [1.54, 1.807) is 0 Å². The first kappa shape index (κ1) is 16.8. The molecule has 0 atom stereocenters. The largest absolute Gasteiger partial charge is 0.465 e. The van der Waals surface area contributed by atoms with Crippen LogP contribution in [0.15, 0.2) is 12.1 Å². The van der Waals surface area contributed by atoms with Gasteiger partial charge in [-0.1, -0.05) is 13.8 Å². The highest BCUT2D eigenvalue weighted by Gasteiger charge is 2.23. The van der Waals surface area contributed by atoms with Crippen LogP contribution in [0.25, 0.3) is 0 Å². The van der Waals surface area contributed by atoms with Gasteiger partial charge in [0.2, 0.25) is 0 Å². The molecule has 4 nitrogen and oxygen atoms in total. The van der Waals surface area contributed by atoms with E-state index in [1.165, 1.54) is 12.7 Å². The van der Waals surface area contributed by atoms with Crippen molar-refractivity contribution in [2.45, 2.75) is 45.6 Å². The van der Waals surface area contributed by atoms with Gasteiger partial charge in [-0.25, -0.2) is 4.79 Å². The first-order valence-electron chi connectivity index (χ1n) is 7.99. The fraction of sp³-hybridized carbons (Fsp3) is 0.611. The van der Waals surface area contributed by atoms with Gasteiger partial charge in [0, 0.05) is 32.0 Å². The summed E-state index contributed by atoms with van der Waals surface area (Å²) in [6.45, 7) is 7.90.